The standard InChI is InChI=1S/C20H21ClN4/c1-22-20(25-14-15-5-2-9-18(21)13-15)24-12-10-17-7-3-6-16-8-4-11-23-19(16)17/h2-9,11,13H,10,12,14H2,1H3,(H2,22,24,25). The van der Waals surface area contributed by atoms with Crippen molar-refractivity contribution in [1.29, 1.82) is 0 Å². The van der Waals surface area contributed by atoms with Gasteiger partial charge in [-0.1, -0.05) is 48.0 Å². The van der Waals surface area contributed by atoms with Gasteiger partial charge in [0, 0.05) is 36.7 Å². The molecule has 1 aromatic heterocycles. The summed E-state index contributed by atoms with van der Waals surface area (Å²) in [5.41, 5.74) is 3.42. The van der Waals surface area contributed by atoms with E-state index in [0.29, 0.717) is 6.54 Å². The van der Waals surface area contributed by atoms with Gasteiger partial charge in [-0.05, 0) is 35.7 Å². The van der Waals surface area contributed by atoms with Crippen molar-refractivity contribution in [2.24, 2.45) is 4.99 Å². The number of nitrogens with zero attached hydrogens (tertiary/aromatic N) is 2. The number of hydrogen-bond acceptors (Lipinski definition) is 2. The van der Waals surface area contributed by atoms with Crippen molar-refractivity contribution < 1.29 is 0 Å². The quantitative estimate of drug-likeness (QED) is 0.542. The van der Waals surface area contributed by atoms with Gasteiger partial charge < -0.3 is 10.6 Å². The molecule has 0 radical (unpaired) electrons. The van der Waals surface area contributed by atoms with Crippen LogP contribution in [0, 0.1) is 0 Å². The van der Waals surface area contributed by atoms with Crippen molar-refractivity contribution in [3.8, 4) is 0 Å². The second-order valence-electron chi connectivity index (χ2n) is 5.72. The van der Waals surface area contributed by atoms with E-state index in [2.05, 4.69) is 44.9 Å². The van der Waals surface area contributed by atoms with Crippen LogP contribution >= 0.6 is 11.6 Å². The summed E-state index contributed by atoms with van der Waals surface area (Å²) in [7, 11) is 1.77. The first-order chi connectivity index (χ1) is 12.3. The van der Waals surface area contributed by atoms with Crippen LogP contribution in [0.3, 0.4) is 0 Å². The number of fused-ring (bicyclic) bond motifs is 1. The summed E-state index contributed by atoms with van der Waals surface area (Å²) in [5.74, 6) is 0.771. The number of para-hydroxylation sites is 1. The minimum Gasteiger partial charge on any atom is -0.356 e. The molecule has 0 bridgehead atoms. The third kappa shape index (κ3) is 4.70. The molecule has 0 fully saturated rings. The maximum absolute atomic E-state index is 6.01. The molecule has 0 aliphatic heterocycles. The van der Waals surface area contributed by atoms with Crippen LogP contribution in [0.4, 0.5) is 0 Å². The predicted molar refractivity (Wildman–Crippen MR) is 105 cm³/mol. The minimum atomic E-state index is 0.677. The summed E-state index contributed by atoms with van der Waals surface area (Å²) in [5, 5.41) is 8.56. The molecule has 0 unspecified atom stereocenters. The molecule has 25 heavy (non-hydrogen) atoms. The Kier molecular flexibility index (Phi) is 5.86. The third-order valence-electron chi connectivity index (χ3n) is 3.98. The average molecular weight is 353 g/mol. The lowest BCUT2D eigenvalue weighted by Gasteiger charge is -2.12. The molecule has 2 aromatic carbocycles. The van der Waals surface area contributed by atoms with Crippen molar-refractivity contribution in [3.63, 3.8) is 0 Å². The number of aliphatic imine (C=N–C) groups is 1. The van der Waals surface area contributed by atoms with Crippen LogP contribution in [0.15, 0.2) is 65.8 Å². The van der Waals surface area contributed by atoms with E-state index in [1.807, 2.05) is 36.5 Å². The molecule has 5 heteroatoms. The van der Waals surface area contributed by atoms with Gasteiger partial charge >= 0.3 is 0 Å². The fourth-order valence-electron chi connectivity index (χ4n) is 2.74. The topological polar surface area (TPSA) is 49.3 Å². The summed E-state index contributed by atoms with van der Waals surface area (Å²) < 4.78 is 0. The fourth-order valence-corrected chi connectivity index (χ4v) is 2.95. The van der Waals surface area contributed by atoms with Gasteiger partial charge in [-0.15, -0.1) is 0 Å². The van der Waals surface area contributed by atoms with Crippen LogP contribution in [0.2, 0.25) is 5.02 Å². The van der Waals surface area contributed by atoms with Crippen LogP contribution in [0.5, 0.6) is 0 Å². The zero-order chi connectivity index (χ0) is 17.5. The highest BCUT2D eigenvalue weighted by atomic mass is 35.5. The Labute approximate surface area is 153 Å². The summed E-state index contributed by atoms with van der Waals surface area (Å²) in [4.78, 5) is 8.76. The number of aromatic nitrogens is 1. The van der Waals surface area contributed by atoms with E-state index in [9.17, 15) is 0 Å². The lowest BCUT2D eigenvalue weighted by Crippen LogP contribution is -2.37. The number of nitrogens with one attached hydrogen (secondary N) is 2. The molecule has 0 amide bonds. The van der Waals surface area contributed by atoms with Gasteiger partial charge in [-0.25, -0.2) is 0 Å². The molecule has 0 saturated heterocycles. The van der Waals surface area contributed by atoms with Crippen molar-refractivity contribution in [2.75, 3.05) is 13.6 Å². The van der Waals surface area contributed by atoms with E-state index >= 15 is 0 Å². The van der Waals surface area contributed by atoms with Gasteiger partial charge in [-0.3, -0.25) is 9.98 Å². The highest BCUT2D eigenvalue weighted by Gasteiger charge is 2.03. The van der Waals surface area contributed by atoms with Crippen LogP contribution in [0.25, 0.3) is 10.9 Å². The molecule has 4 nitrogen and oxygen atoms in total. The Morgan fingerprint density at radius 3 is 2.76 bits per heavy atom. The number of pyridine rings is 1. The monoisotopic (exact) mass is 352 g/mol. The van der Waals surface area contributed by atoms with E-state index in [0.717, 1.165) is 35.0 Å². The first kappa shape index (κ1) is 17.2. The van der Waals surface area contributed by atoms with Crippen molar-refractivity contribution in [1.82, 2.24) is 15.6 Å². The Balaban J connectivity index is 1.54. The number of rotatable bonds is 5. The molecule has 2 N–H and O–H groups in total. The molecular weight excluding hydrogens is 332 g/mol. The molecule has 128 valence electrons. The molecule has 0 aliphatic carbocycles. The van der Waals surface area contributed by atoms with Crippen LogP contribution in [0.1, 0.15) is 11.1 Å². The zero-order valence-electron chi connectivity index (χ0n) is 14.2. The molecular formula is C20H21ClN4. The second kappa shape index (κ2) is 8.49. The minimum absolute atomic E-state index is 0.677. The summed E-state index contributed by atoms with van der Waals surface area (Å²) in [6.07, 6.45) is 2.72. The van der Waals surface area contributed by atoms with Gasteiger partial charge in [0.25, 0.3) is 0 Å². The van der Waals surface area contributed by atoms with E-state index in [1.165, 1.54) is 10.9 Å². The zero-order valence-corrected chi connectivity index (χ0v) is 14.9. The SMILES string of the molecule is CN=C(NCCc1cccc2cccnc12)NCc1cccc(Cl)c1. The lowest BCUT2D eigenvalue weighted by atomic mass is 10.1. The molecule has 0 aliphatic rings. The number of benzene rings is 2. The Morgan fingerprint density at radius 1 is 1.08 bits per heavy atom. The van der Waals surface area contributed by atoms with E-state index in [-0.39, 0.29) is 0 Å². The molecule has 3 rings (SSSR count). The highest BCUT2D eigenvalue weighted by Crippen LogP contribution is 2.16. The number of guanidine groups is 1. The predicted octanol–water partition coefficient (Wildman–Crippen LogP) is 3.80. The first-order valence-electron chi connectivity index (χ1n) is 8.28. The van der Waals surface area contributed by atoms with E-state index in [4.69, 9.17) is 11.6 Å². The normalized spacial score (nSPS) is 11.5. The summed E-state index contributed by atoms with van der Waals surface area (Å²) in [6, 6.07) is 18.1. The largest absolute Gasteiger partial charge is 0.356 e. The van der Waals surface area contributed by atoms with Gasteiger partial charge in [0.1, 0.15) is 0 Å². The fraction of sp³-hybridized carbons (Fsp3) is 0.200. The van der Waals surface area contributed by atoms with E-state index < -0.39 is 0 Å². The van der Waals surface area contributed by atoms with Crippen LogP contribution in [-0.4, -0.2) is 24.5 Å². The molecule has 0 saturated carbocycles. The van der Waals surface area contributed by atoms with Gasteiger partial charge in [0.05, 0.1) is 5.52 Å². The van der Waals surface area contributed by atoms with E-state index in [1.54, 1.807) is 7.05 Å². The Morgan fingerprint density at radius 2 is 1.92 bits per heavy atom. The molecule has 1 heterocycles. The van der Waals surface area contributed by atoms with Crippen LogP contribution < -0.4 is 10.6 Å². The summed E-state index contributed by atoms with van der Waals surface area (Å²) in [6.45, 7) is 1.46. The smallest absolute Gasteiger partial charge is 0.191 e. The molecule has 0 atom stereocenters. The van der Waals surface area contributed by atoms with Crippen molar-refractivity contribution >= 4 is 28.5 Å². The number of hydrogen-bond donors (Lipinski definition) is 2. The van der Waals surface area contributed by atoms with Crippen molar-refractivity contribution in [3.05, 3.63) is 76.9 Å². The van der Waals surface area contributed by atoms with Crippen molar-refractivity contribution in [2.45, 2.75) is 13.0 Å². The second-order valence-corrected chi connectivity index (χ2v) is 6.16. The van der Waals surface area contributed by atoms with Gasteiger partial charge in [0.2, 0.25) is 0 Å². The highest BCUT2D eigenvalue weighted by molar-refractivity contribution is 6.30. The first-order valence-corrected chi connectivity index (χ1v) is 8.65. The number of halogens is 1. The summed E-state index contributed by atoms with van der Waals surface area (Å²) >= 11 is 6.01. The lowest BCUT2D eigenvalue weighted by molar-refractivity contribution is 0.796. The maximum atomic E-state index is 6.01. The Hall–Kier alpha value is -2.59. The van der Waals surface area contributed by atoms with Gasteiger partial charge in [0.15, 0.2) is 5.96 Å². The third-order valence-corrected chi connectivity index (χ3v) is 4.21. The average Bonchev–Trinajstić information content (AvgIpc) is 2.64. The maximum Gasteiger partial charge on any atom is 0.191 e. The Bertz CT molecular complexity index is 871. The molecule has 3 aromatic rings. The molecule has 0 spiro atoms. The van der Waals surface area contributed by atoms with Crippen LogP contribution in [-0.2, 0) is 13.0 Å². The van der Waals surface area contributed by atoms with Gasteiger partial charge in [-0.2, -0.15) is 0 Å².